The zero-order valence-electron chi connectivity index (χ0n) is 16.9. The molecule has 2 heterocycles. The lowest BCUT2D eigenvalue weighted by Crippen LogP contribution is -2.67. The maximum Gasteiger partial charge on any atom is 0.334 e. The molecule has 7 atom stereocenters. The second-order valence-electron chi connectivity index (χ2n) is 6.95. The molecule has 2 aliphatic rings. The van der Waals surface area contributed by atoms with Gasteiger partial charge >= 0.3 is 5.97 Å². The molecule has 1 amide bonds. The van der Waals surface area contributed by atoms with Crippen molar-refractivity contribution in [3.05, 3.63) is 35.9 Å². The molecular formula is C20H27NO8. The number of esters is 1. The molecule has 1 N–H and O–H groups in total. The van der Waals surface area contributed by atoms with Gasteiger partial charge in [0.2, 0.25) is 5.91 Å². The number of hydrogen-bond acceptors (Lipinski definition) is 8. The fraction of sp³-hybridized carbons (Fsp3) is 0.600. The van der Waals surface area contributed by atoms with Gasteiger partial charge in [0.15, 0.2) is 18.7 Å². The van der Waals surface area contributed by atoms with Crippen molar-refractivity contribution in [1.29, 1.82) is 0 Å². The number of carbonyl (C=O) groups is 2. The summed E-state index contributed by atoms with van der Waals surface area (Å²) in [7, 11) is 2.76. The Hall–Kier alpha value is -2.04. The SMILES string of the molecule is COC(=O)[C@@H](C)O[C@@H]1[C@@H](NC(C)=O)[C@@H](OC)O[C@@H]2CO[C@@H](c3ccccc3)O[C@@H]12. The third-order valence-corrected chi connectivity index (χ3v) is 4.91. The average Bonchev–Trinajstić information content (AvgIpc) is 2.74. The molecule has 0 aromatic heterocycles. The molecule has 0 bridgehead atoms. The van der Waals surface area contributed by atoms with Crippen LogP contribution in [0.4, 0.5) is 0 Å². The second kappa shape index (κ2) is 9.64. The van der Waals surface area contributed by atoms with E-state index in [0.717, 1.165) is 5.56 Å². The number of rotatable bonds is 6. The summed E-state index contributed by atoms with van der Waals surface area (Å²) >= 11 is 0. The van der Waals surface area contributed by atoms with E-state index in [4.69, 9.17) is 28.4 Å². The third-order valence-electron chi connectivity index (χ3n) is 4.91. The highest BCUT2D eigenvalue weighted by Crippen LogP contribution is 2.36. The lowest BCUT2D eigenvalue weighted by atomic mass is 9.95. The highest BCUT2D eigenvalue weighted by Gasteiger charge is 2.52. The van der Waals surface area contributed by atoms with Crippen molar-refractivity contribution in [3.8, 4) is 0 Å². The fourth-order valence-corrected chi connectivity index (χ4v) is 3.56. The summed E-state index contributed by atoms with van der Waals surface area (Å²) in [5, 5.41) is 2.80. The molecule has 2 aliphatic heterocycles. The number of amides is 1. The van der Waals surface area contributed by atoms with Crippen molar-refractivity contribution >= 4 is 11.9 Å². The smallest absolute Gasteiger partial charge is 0.334 e. The summed E-state index contributed by atoms with van der Waals surface area (Å²) in [6.07, 6.45) is -4.14. The third kappa shape index (κ3) is 4.93. The Morgan fingerprint density at radius 3 is 2.52 bits per heavy atom. The molecule has 3 rings (SSSR count). The largest absolute Gasteiger partial charge is 0.467 e. The predicted octanol–water partition coefficient (Wildman–Crippen LogP) is 0.923. The monoisotopic (exact) mass is 409 g/mol. The van der Waals surface area contributed by atoms with Crippen molar-refractivity contribution < 1.29 is 38.0 Å². The van der Waals surface area contributed by atoms with E-state index in [0.29, 0.717) is 0 Å². The topological polar surface area (TPSA) is 102 Å². The summed E-state index contributed by atoms with van der Waals surface area (Å²) in [4.78, 5) is 23.8. The fourth-order valence-electron chi connectivity index (χ4n) is 3.56. The summed E-state index contributed by atoms with van der Waals surface area (Å²) in [6.45, 7) is 3.21. The van der Waals surface area contributed by atoms with E-state index in [9.17, 15) is 9.59 Å². The summed E-state index contributed by atoms with van der Waals surface area (Å²) < 4.78 is 34.2. The first kappa shape index (κ1) is 21.7. The summed E-state index contributed by atoms with van der Waals surface area (Å²) in [5.74, 6) is -0.819. The van der Waals surface area contributed by atoms with E-state index in [-0.39, 0.29) is 12.5 Å². The Bertz CT molecular complexity index is 699. The molecule has 2 fully saturated rings. The number of nitrogens with one attached hydrogen (secondary N) is 1. The predicted molar refractivity (Wildman–Crippen MR) is 99.6 cm³/mol. The first-order valence-corrected chi connectivity index (χ1v) is 9.45. The van der Waals surface area contributed by atoms with Crippen LogP contribution in [0.15, 0.2) is 30.3 Å². The van der Waals surface area contributed by atoms with Gasteiger partial charge in [-0.1, -0.05) is 30.3 Å². The molecular weight excluding hydrogens is 382 g/mol. The molecule has 0 saturated carbocycles. The van der Waals surface area contributed by atoms with Gasteiger partial charge in [-0.2, -0.15) is 0 Å². The number of ether oxygens (including phenoxy) is 6. The van der Waals surface area contributed by atoms with Crippen LogP contribution in [0.2, 0.25) is 0 Å². The molecule has 9 nitrogen and oxygen atoms in total. The molecule has 0 unspecified atom stereocenters. The van der Waals surface area contributed by atoms with Crippen LogP contribution in [0.25, 0.3) is 0 Å². The van der Waals surface area contributed by atoms with E-state index < -0.39 is 49.0 Å². The van der Waals surface area contributed by atoms with E-state index in [2.05, 4.69) is 5.32 Å². The summed E-state index contributed by atoms with van der Waals surface area (Å²) in [6, 6.07) is 8.77. The number of fused-ring (bicyclic) bond motifs is 1. The van der Waals surface area contributed by atoms with Crippen molar-refractivity contribution in [2.75, 3.05) is 20.8 Å². The maximum absolute atomic E-state index is 11.9. The van der Waals surface area contributed by atoms with Crippen LogP contribution in [-0.2, 0) is 38.0 Å². The first-order chi connectivity index (χ1) is 13.9. The van der Waals surface area contributed by atoms with Gasteiger partial charge in [0.05, 0.1) is 13.7 Å². The van der Waals surface area contributed by atoms with E-state index in [1.165, 1.54) is 21.1 Å². The minimum Gasteiger partial charge on any atom is -0.467 e. The molecule has 2 saturated heterocycles. The van der Waals surface area contributed by atoms with Gasteiger partial charge in [-0.05, 0) is 6.92 Å². The van der Waals surface area contributed by atoms with Gasteiger partial charge in [-0.25, -0.2) is 4.79 Å². The number of hydrogen-bond donors (Lipinski definition) is 1. The molecule has 0 radical (unpaired) electrons. The molecule has 0 aliphatic carbocycles. The Labute approximate surface area is 169 Å². The average molecular weight is 409 g/mol. The van der Waals surface area contributed by atoms with Crippen LogP contribution in [0.3, 0.4) is 0 Å². The number of carbonyl (C=O) groups excluding carboxylic acids is 2. The molecule has 160 valence electrons. The van der Waals surface area contributed by atoms with E-state index >= 15 is 0 Å². The molecule has 0 spiro atoms. The zero-order valence-corrected chi connectivity index (χ0v) is 16.9. The van der Waals surface area contributed by atoms with Gasteiger partial charge in [-0.3, -0.25) is 4.79 Å². The lowest BCUT2D eigenvalue weighted by Gasteiger charge is -2.49. The van der Waals surface area contributed by atoms with Crippen molar-refractivity contribution in [2.45, 2.75) is 56.9 Å². The van der Waals surface area contributed by atoms with Crippen molar-refractivity contribution in [2.24, 2.45) is 0 Å². The van der Waals surface area contributed by atoms with E-state index in [1.807, 2.05) is 30.3 Å². The first-order valence-electron chi connectivity index (χ1n) is 9.45. The standard InChI is InChI=1S/C20H27NO8/c1-11(18(23)24-3)27-17-15(21-12(2)22)20(25-4)28-14-10-26-19(29-16(14)17)13-8-6-5-7-9-13/h5-9,11,14-17,19-20H,10H2,1-4H3,(H,21,22)/t11-,14-,15-,16-,17-,19-,20+/m1/s1. The number of benzene rings is 1. The highest BCUT2D eigenvalue weighted by atomic mass is 16.7. The minimum absolute atomic E-state index is 0.239. The quantitative estimate of drug-likeness (QED) is 0.693. The van der Waals surface area contributed by atoms with Gasteiger partial charge in [0, 0.05) is 19.6 Å². The Balaban J connectivity index is 1.88. The van der Waals surface area contributed by atoms with Crippen LogP contribution in [0.1, 0.15) is 25.7 Å². The van der Waals surface area contributed by atoms with Gasteiger partial charge in [0.25, 0.3) is 0 Å². The Kier molecular flexibility index (Phi) is 7.20. The van der Waals surface area contributed by atoms with Crippen LogP contribution in [0.5, 0.6) is 0 Å². The van der Waals surface area contributed by atoms with Crippen molar-refractivity contribution in [3.63, 3.8) is 0 Å². The summed E-state index contributed by atoms with van der Waals surface area (Å²) in [5.41, 5.74) is 0.843. The molecule has 9 heteroatoms. The van der Waals surface area contributed by atoms with Crippen LogP contribution >= 0.6 is 0 Å². The lowest BCUT2D eigenvalue weighted by molar-refractivity contribution is -0.347. The zero-order chi connectivity index (χ0) is 21.0. The van der Waals surface area contributed by atoms with Gasteiger partial charge in [0.1, 0.15) is 24.4 Å². The molecule has 1 aromatic carbocycles. The molecule has 1 aromatic rings. The molecule has 29 heavy (non-hydrogen) atoms. The number of methoxy groups -OCH3 is 2. The normalized spacial score (nSPS) is 32.7. The van der Waals surface area contributed by atoms with Crippen molar-refractivity contribution in [1.82, 2.24) is 5.32 Å². The van der Waals surface area contributed by atoms with Crippen LogP contribution in [-0.4, -0.2) is 69.5 Å². The maximum atomic E-state index is 11.9. The van der Waals surface area contributed by atoms with Gasteiger partial charge in [-0.15, -0.1) is 0 Å². The van der Waals surface area contributed by atoms with Crippen LogP contribution < -0.4 is 5.32 Å². The second-order valence-corrected chi connectivity index (χ2v) is 6.95. The van der Waals surface area contributed by atoms with E-state index in [1.54, 1.807) is 6.92 Å². The van der Waals surface area contributed by atoms with Gasteiger partial charge < -0.3 is 33.7 Å². The van der Waals surface area contributed by atoms with Crippen LogP contribution in [0, 0.1) is 0 Å². The highest BCUT2D eigenvalue weighted by molar-refractivity contribution is 5.74. The Morgan fingerprint density at radius 1 is 1.17 bits per heavy atom. The Morgan fingerprint density at radius 2 is 1.90 bits per heavy atom. The minimum atomic E-state index is -0.876.